The van der Waals surface area contributed by atoms with Crippen LogP contribution in [0.25, 0.3) is 11.0 Å². The number of aryl methyl sites for hydroxylation is 1. The van der Waals surface area contributed by atoms with Crippen LogP contribution >= 0.6 is 0 Å². The Bertz CT molecular complexity index is 646. The Labute approximate surface area is 97.3 Å². The summed E-state index contributed by atoms with van der Waals surface area (Å²) in [5.74, 6) is -1.96. The number of carboxylic acids is 1. The fourth-order valence-electron chi connectivity index (χ4n) is 1.70. The van der Waals surface area contributed by atoms with Crippen LogP contribution in [0.15, 0.2) is 29.1 Å². The zero-order valence-electron chi connectivity index (χ0n) is 9.54. The molecule has 1 aromatic carbocycles. The number of benzene rings is 1. The molecule has 0 saturated heterocycles. The molecule has 1 heterocycles. The topological polar surface area (TPSA) is 72.2 Å². The zero-order valence-corrected chi connectivity index (χ0v) is 9.54. The summed E-state index contributed by atoms with van der Waals surface area (Å²) in [7, 11) is 1.62. The highest BCUT2D eigenvalue weighted by molar-refractivity contribution is 5.78. The fourth-order valence-corrected chi connectivity index (χ4v) is 1.70. The predicted octanol–water partition coefficient (Wildman–Crippen LogP) is 1.12. The minimum Gasteiger partial charge on any atom is -0.481 e. The maximum Gasteiger partial charge on any atom is 0.312 e. The highest BCUT2D eigenvalue weighted by atomic mass is 16.4. The Balaban J connectivity index is 2.79. The van der Waals surface area contributed by atoms with E-state index in [1.54, 1.807) is 25.2 Å². The molecule has 0 spiro atoms. The summed E-state index contributed by atoms with van der Waals surface area (Å²) in [5, 5.41) is 8.93. The van der Waals surface area contributed by atoms with Crippen LogP contribution in [0.1, 0.15) is 18.5 Å². The molecule has 5 nitrogen and oxygen atoms in total. The second-order valence-electron chi connectivity index (χ2n) is 3.91. The van der Waals surface area contributed by atoms with E-state index in [1.165, 1.54) is 11.5 Å². The van der Waals surface area contributed by atoms with E-state index in [0.29, 0.717) is 11.0 Å². The predicted molar refractivity (Wildman–Crippen MR) is 63.0 cm³/mol. The van der Waals surface area contributed by atoms with Gasteiger partial charge in [0.1, 0.15) is 11.6 Å². The molecule has 1 aromatic heterocycles. The molecule has 0 aliphatic carbocycles. The molecule has 2 aromatic rings. The van der Waals surface area contributed by atoms with E-state index in [9.17, 15) is 9.59 Å². The van der Waals surface area contributed by atoms with Gasteiger partial charge in [-0.25, -0.2) is 4.98 Å². The molecule has 2 rings (SSSR count). The van der Waals surface area contributed by atoms with E-state index < -0.39 is 11.9 Å². The van der Waals surface area contributed by atoms with E-state index >= 15 is 0 Å². The molecule has 88 valence electrons. The van der Waals surface area contributed by atoms with Crippen molar-refractivity contribution < 1.29 is 9.90 Å². The van der Waals surface area contributed by atoms with Gasteiger partial charge in [0.05, 0.1) is 11.0 Å². The van der Waals surface area contributed by atoms with E-state index in [1.807, 2.05) is 6.07 Å². The van der Waals surface area contributed by atoms with Crippen molar-refractivity contribution in [3.63, 3.8) is 0 Å². The van der Waals surface area contributed by atoms with Gasteiger partial charge in [-0.3, -0.25) is 9.59 Å². The zero-order chi connectivity index (χ0) is 12.6. The number of fused-ring (bicyclic) bond motifs is 1. The molecule has 0 radical (unpaired) electrons. The molecule has 0 fully saturated rings. The van der Waals surface area contributed by atoms with Crippen LogP contribution in [-0.2, 0) is 11.8 Å². The lowest BCUT2D eigenvalue weighted by atomic mass is 10.1. The van der Waals surface area contributed by atoms with Crippen molar-refractivity contribution in [1.82, 2.24) is 9.55 Å². The van der Waals surface area contributed by atoms with Gasteiger partial charge >= 0.3 is 5.97 Å². The van der Waals surface area contributed by atoms with Crippen molar-refractivity contribution in [2.24, 2.45) is 7.05 Å². The van der Waals surface area contributed by atoms with Crippen LogP contribution < -0.4 is 5.56 Å². The minimum absolute atomic E-state index is 0.0682. The highest BCUT2D eigenvalue weighted by Crippen LogP contribution is 2.14. The number of hydrogen-bond donors (Lipinski definition) is 1. The van der Waals surface area contributed by atoms with E-state index in [2.05, 4.69) is 4.98 Å². The summed E-state index contributed by atoms with van der Waals surface area (Å²) in [6, 6.07) is 7.14. The van der Waals surface area contributed by atoms with Crippen LogP contribution in [0, 0.1) is 0 Å². The Morgan fingerprint density at radius 1 is 1.41 bits per heavy atom. The number of carboxylic acid groups (broad SMARTS) is 1. The second-order valence-corrected chi connectivity index (χ2v) is 3.91. The van der Waals surface area contributed by atoms with E-state index in [0.717, 1.165) is 0 Å². The average Bonchev–Trinajstić information content (AvgIpc) is 2.33. The van der Waals surface area contributed by atoms with Gasteiger partial charge in [-0.05, 0) is 19.1 Å². The number of aromatic nitrogens is 2. The number of nitrogens with zero attached hydrogens (tertiary/aromatic N) is 2. The number of para-hydroxylation sites is 2. The molecule has 1 atom stereocenters. The first-order chi connectivity index (χ1) is 8.02. The number of hydrogen-bond acceptors (Lipinski definition) is 3. The van der Waals surface area contributed by atoms with Gasteiger partial charge in [-0.2, -0.15) is 0 Å². The summed E-state index contributed by atoms with van der Waals surface area (Å²) in [6.45, 7) is 1.46. The van der Waals surface area contributed by atoms with Gasteiger partial charge < -0.3 is 9.67 Å². The van der Waals surface area contributed by atoms with Crippen LogP contribution in [0.2, 0.25) is 0 Å². The lowest BCUT2D eigenvalue weighted by molar-refractivity contribution is -0.138. The molecule has 17 heavy (non-hydrogen) atoms. The first-order valence-electron chi connectivity index (χ1n) is 5.21. The molecule has 1 N–H and O–H groups in total. The molecular formula is C12H12N2O3. The number of rotatable bonds is 2. The highest BCUT2D eigenvalue weighted by Gasteiger charge is 2.20. The van der Waals surface area contributed by atoms with Crippen molar-refractivity contribution >= 4 is 17.0 Å². The second kappa shape index (κ2) is 4.01. The summed E-state index contributed by atoms with van der Waals surface area (Å²) in [5.41, 5.74) is 1.02. The molecule has 1 unspecified atom stereocenters. The molecule has 0 amide bonds. The van der Waals surface area contributed by atoms with Crippen molar-refractivity contribution in [2.75, 3.05) is 0 Å². The first kappa shape index (κ1) is 11.3. The van der Waals surface area contributed by atoms with Gasteiger partial charge in [-0.15, -0.1) is 0 Å². The van der Waals surface area contributed by atoms with Crippen LogP contribution in [0.4, 0.5) is 0 Å². The van der Waals surface area contributed by atoms with Crippen molar-refractivity contribution in [3.8, 4) is 0 Å². The maximum absolute atomic E-state index is 12.0. The van der Waals surface area contributed by atoms with Gasteiger partial charge in [0.2, 0.25) is 0 Å². The third-order valence-corrected chi connectivity index (χ3v) is 2.79. The Morgan fingerprint density at radius 2 is 2.06 bits per heavy atom. The lowest BCUT2D eigenvalue weighted by Gasteiger charge is -2.09. The lowest BCUT2D eigenvalue weighted by Crippen LogP contribution is -2.27. The molecule has 0 saturated carbocycles. The van der Waals surface area contributed by atoms with Crippen molar-refractivity contribution in [2.45, 2.75) is 12.8 Å². The van der Waals surface area contributed by atoms with Gasteiger partial charge in [-0.1, -0.05) is 12.1 Å². The van der Waals surface area contributed by atoms with Gasteiger partial charge in [0.25, 0.3) is 5.56 Å². The van der Waals surface area contributed by atoms with Crippen molar-refractivity contribution in [3.05, 3.63) is 40.3 Å². The van der Waals surface area contributed by atoms with Gasteiger partial charge in [0, 0.05) is 7.05 Å². The smallest absolute Gasteiger partial charge is 0.312 e. The normalized spacial score (nSPS) is 12.6. The summed E-state index contributed by atoms with van der Waals surface area (Å²) >= 11 is 0. The molecule has 5 heteroatoms. The average molecular weight is 232 g/mol. The number of aliphatic carboxylic acids is 1. The summed E-state index contributed by atoms with van der Waals surface area (Å²) in [6.07, 6.45) is 0. The number of carbonyl (C=O) groups is 1. The quantitative estimate of drug-likeness (QED) is 0.842. The maximum atomic E-state index is 12.0. The van der Waals surface area contributed by atoms with Crippen LogP contribution in [-0.4, -0.2) is 20.6 Å². The summed E-state index contributed by atoms with van der Waals surface area (Å²) in [4.78, 5) is 27.0. The Morgan fingerprint density at radius 3 is 2.71 bits per heavy atom. The fraction of sp³-hybridized carbons (Fsp3) is 0.250. The van der Waals surface area contributed by atoms with Crippen LogP contribution in [0.3, 0.4) is 0 Å². The monoisotopic (exact) mass is 232 g/mol. The first-order valence-corrected chi connectivity index (χ1v) is 5.21. The molecule has 0 aliphatic rings. The molecule has 0 aliphatic heterocycles. The van der Waals surface area contributed by atoms with E-state index in [-0.39, 0.29) is 11.3 Å². The largest absolute Gasteiger partial charge is 0.481 e. The summed E-state index contributed by atoms with van der Waals surface area (Å²) < 4.78 is 1.43. The van der Waals surface area contributed by atoms with Crippen molar-refractivity contribution in [1.29, 1.82) is 0 Å². The molecular weight excluding hydrogens is 220 g/mol. The van der Waals surface area contributed by atoms with E-state index in [4.69, 9.17) is 5.11 Å². The Kier molecular flexibility index (Phi) is 2.67. The third-order valence-electron chi connectivity index (χ3n) is 2.79. The minimum atomic E-state index is -1.05. The molecule has 0 bridgehead atoms. The van der Waals surface area contributed by atoms with Crippen LogP contribution in [0.5, 0.6) is 0 Å². The third kappa shape index (κ3) is 1.80. The van der Waals surface area contributed by atoms with Gasteiger partial charge in [0.15, 0.2) is 0 Å². The standard InChI is InChI=1S/C12H12N2O3/c1-7(12(16)17)10-11(15)14(2)9-6-4-3-5-8(9)13-10/h3-7H,1-2H3,(H,16,17). The Hall–Kier alpha value is -2.17. The SMILES string of the molecule is CC(C(=O)O)c1nc2ccccc2n(C)c1=O.